The average molecular weight is 329 g/mol. The molecule has 0 atom stereocenters. The van der Waals surface area contributed by atoms with Crippen LogP contribution in [0.3, 0.4) is 0 Å². The summed E-state index contributed by atoms with van der Waals surface area (Å²) in [6, 6.07) is 9.85. The van der Waals surface area contributed by atoms with Crippen molar-refractivity contribution in [3.05, 3.63) is 70.0 Å². The third-order valence-corrected chi connectivity index (χ3v) is 3.75. The number of carbonyl (C=O) groups excluding carboxylic acids is 1. The largest absolute Gasteiger partial charge is 0.407 e. The molecule has 0 aliphatic heterocycles. The molecule has 0 bridgehead atoms. The fraction of sp³-hybridized carbons (Fsp3) is 0.0625. The van der Waals surface area contributed by atoms with E-state index in [1.807, 2.05) is 17.5 Å². The van der Waals surface area contributed by atoms with E-state index in [0.29, 0.717) is 12.3 Å². The second-order valence-electron chi connectivity index (χ2n) is 4.64. The molecule has 0 aliphatic rings. The molecule has 0 unspecified atom stereocenters. The Bertz CT molecular complexity index is 810. The average Bonchev–Trinajstić information content (AvgIpc) is 3.20. The molecule has 2 aromatic heterocycles. The Morgan fingerprint density at radius 2 is 2.09 bits per heavy atom. The number of amides is 1. The Balaban J connectivity index is 1.58. The fourth-order valence-electron chi connectivity index (χ4n) is 1.84. The summed E-state index contributed by atoms with van der Waals surface area (Å²) in [7, 11) is 0. The van der Waals surface area contributed by atoms with Gasteiger partial charge in [-0.1, -0.05) is 23.3 Å². The number of nitrogens with one attached hydrogen (secondary N) is 1. The lowest BCUT2D eigenvalue weighted by atomic mass is 10.1. The molecule has 0 spiro atoms. The van der Waals surface area contributed by atoms with Gasteiger partial charge in [-0.05, 0) is 35.2 Å². The van der Waals surface area contributed by atoms with Crippen molar-refractivity contribution < 1.29 is 13.6 Å². The quantitative estimate of drug-likeness (QED) is 0.727. The molecule has 1 N–H and O–H groups in total. The van der Waals surface area contributed by atoms with Gasteiger partial charge in [-0.2, -0.15) is 0 Å². The van der Waals surface area contributed by atoms with Crippen LogP contribution in [0, 0.1) is 5.82 Å². The highest BCUT2D eigenvalue weighted by atomic mass is 32.1. The first-order valence-electron chi connectivity index (χ1n) is 6.78. The third-order valence-electron chi connectivity index (χ3n) is 2.91. The first kappa shape index (κ1) is 15.1. The van der Waals surface area contributed by atoms with Crippen molar-refractivity contribution in [2.45, 2.75) is 6.42 Å². The van der Waals surface area contributed by atoms with Crippen molar-refractivity contribution >= 4 is 29.3 Å². The fourth-order valence-corrected chi connectivity index (χ4v) is 2.46. The summed E-state index contributed by atoms with van der Waals surface area (Å²) >= 11 is 1.53. The van der Waals surface area contributed by atoms with Gasteiger partial charge in [0.15, 0.2) is 0 Å². The van der Waals surface area contributed by atoms with E-state index < -0.39 is 0 Å². The molecule has 116 valence electrons. The maximum absolute atomic E-state index is 12.8. The maximum Gasteiger partial charge on any atom is 0.322 e. The number of carbonyl (C=O) groups is 1. The predicted molar refractivity (Wildman–Crippen MR) is 85.5 cm³/mol. The van der Waals surface area contributed by atoms with Crippen molar-refractivity contribution in [3.8, 4) is 0 Å². The number of thiophene rings is 1. The molecule has 0 saturated heterocycles. The third kappa shape index (κ3) is 4.33. The maximum atomic E-state index is 12.8. The molecule has 1 aromatic carbocycles. The van der Waals surface area contributed by atoms with Crippen LogP contribution in [-0.2, 0) is 11.2 Å². The first-order valence-corrected chi connectivity index (χ1v) is 7.66. The minimum absolute atomic E-state index is 0.0305. The minimum Gasteiger partial charge on any atom is -0.407 e. The second-order valence-corrected chi connectivity index (χ2v) is 5.62. The summed E-state index contributed by atoms with van der Waals surface area (Å²) in [5.41, 5.74) is 0.838. The van der Waals surface area contributed by atoms with Crippen LogP contribution in [0.5, 0.6) is 0 Å². The molecule has 5 nitrogen and oxygen atoms in total. The molecule has 0 radical (unpaired) electrons. The van der Waals surface area contributed by atoms with Gasteiger partial charge in [0, 0.05) is 11.0 Å². The Morgan fingerprint density at radius 3 is 2.83 bits per heavy atom. The van der Waals surface area contributed by atoms with Crippen LogP contribution >= 0.6 is 11.3 Å². The second kappa shape index (κ2) is 6.97. The summed E-state index contributed by atoms with van der Waals surface area (Å²) in [6.07, 6.45) is 3.47. The van der Waals surface area contributed by atoms with E-state index in [1.54, 1.807) is 18.2 Å². The molecule has 1 amide bonds. The molecule has 3 aromatic rings. The number of hydrogen-bond acceptors (Lipinski definition) is 5. The van der Waals surface area contributed by atoms with E-state index in [0.717, 1.165) is 10.4 Å². The van der Waals surface area contributed by atoms with Crippen LogP contribution in [0.2, 0.25) is 0 Å². The normalized spacial score (nSPS) is 11.0. The lowest BCUT2D eigenvalue weighted by Gasteiger charge is -1.96. The van der Waals surface area contributed by atoms with Crippen molar-refractivity contribution in [1.29, 1.82) is 0 Å². The van der Waals surface area contributed by atoms with E-state index in [2.05, 4.69) is 15.5 Å². The summed E-state index contributed by atoms with van der Waals surface area (Å²) < 4.78 is 18.2. The van der Waals surface area contributed by atoms with E-state index >= 15 is 0 Å². The standard InChI is InChI=1S/C16H12FN3O2S/c17-12-5-3-11(4-6-12)10-15-19-20-16(22-15)18-14(21)8-7-13-2-1-9-23-13/h1-9H,10H2,(H,18,20,21). The van der Waals surface area contributed by atoms with Crippen molar-refractivity contribution in [1.82, 2.24) is 10.2 Å². The Hall–Kier alpha value is -2.80. The molecule has 0 saturated carbocycles. The van der Waals surface area contributed by atoms with Gasteiger partial charge in [-0.15, -0.1) is 16.4 Å². The summed E-state index contributed by atoms with van der Waals surface area (Å²) in [4.78, 5) is 12.7. The van der Waals surface area contributed by atoms with Crippen LogP contribution < -0.4 is 5.32 Å². The number of anilines is 1. The smallest absolute Gasteiger partial charge is 0.322 e. The molecule has 7 heteroatoms. The van der Waals surface area contributed by atoms with Gasteiger partial charge in [0.1, 0.15) is 5.82 Å². The van der Waals surface area contributed by atoms with Gasteiger partial charge in [0.05, 0.1) is 6.42 Å². The van der Waals surface area contributed by atoms with Crippen molar-refractivity contribution in [3.63, 3.8) is 0 Å². The lowest BCUT2D eigenvalue weighted by molar-refractivity contribution is -0.112. The summed E-state index contributed by atoms with van der Waals surface area (Å²) in [5.74, 6) is -0.311. The van der Waals surface area contributed by atoms with Crippen LogP contribution in [0.4, 0.5) is 10.4 Å². The number of nitrogens with zero attached hydrogens (tertiary/aromatic N) is 2. The van der Waals surface area contributed by atoms with Gasteiger partial charge in [0.25, 0.3) is 5.91 Å². The Kier molecular flexibility index (Phi) is 4.58. The van der Waals surface area contributed by atoms with E-state index in [9.17, 15) is 9.18 Å². The molecule has 0 fully saturated rings. The Morgan fingerprint density at radius 1 is 1.26 bits per heavy atom. The first-order chi connectivity index (χ1) is 11.2. The summed E-state index contributed by atoms with van der Waals surface area (Å²) in [6.45, 7) is 0. The molecule has 23 heavy (non-hydrogen) atoms. The number of aromatic nitrogens is 2. The molecule has 3 rings (SSSR count). The lowest BCUT2D eigenvalue weighted by Crippen LogP contribution is -2.07. The number of halogens is 1. The Labute approximate surface area is 135 Å². The zero-order valence-corrected chi connectivity index (χ0v) is 12.7. The highest BCUT2D eigenvalue weighted by Gasteiger charge is 2.09. The number of benzene rings is 1. The number of rotatable bonds is 5. The SMILES string of the molecule is O=C(C=Cc1cccs1)Nc1nnc(Cc2ccc(F)cc2)o1. The van der Waals surface area contributed by atoms with Gasteiger partial charge < -0.3 is 4.42 Å². The van der Waals surface area contributed by atoms with Crippen molar-refractivity contribution in [2.75, 3.05) is 5.32 Å². The zero-order chi connectivity index (χ0) is 16.1. The van der Waals surface area contributed by atoms with Crippen LogP contribution in [0.25, 0.3) is 6.08 Å². The molecular formula is C16H12FN3O2S. The topological polar surface area (TPSA) is 68.0 Å². The van der Waals surface area contributed by atoms with Crippen molar-refractivity contribution in [2.24, 2.45) is 0 Å². The van der Waals surface area contributed by atoms with Crippen LogP contribution in [-0.4, -0.2) is 16.1 Å². The number of hydrogen-bond donors (Lipinski definition) is 1. The highest BCUT2D eigenvalue weighted by molar-refractivity contribution is 7.10. The van der Waals surface area contributed by atoms with E-state index in [1.165, 1.54) is 29.5 Å². The van der Waals surface area contributed by atoms with Crippen LogP contribution in [0.15, 0.2) is 52.3 Å². The minimum atomic E-state index is -0.351. The van der Waals surface area contributed by atoms with Gasteiger partial charge in [-0.25, -0.2) is 4.39 Å². The van der Waals surface area contributed by atoms with E-state index in [-0.39, 0.29) is 17.7 Å². The molecular weight excluding hydrogens is 317 g/mol. The van der Waals surface area contributed by atoms with Gasteiger partial charge in [-0.3, -0.25) is 10.1 Å². The molecule has 2 heterocycles. The van der Waals surface area contributed by atoms with Crippen LogP contribution in [0.1, 0.15) is 16.3 Å². The summed E-state index contributed by atoms with van der Waals surface area (Å²) in [5, 5.41) is 12.0. The van der Waals surface area contributed by atoms with Gasteiger partial charge >= 0.3 is 6.01 Å². The van der Waals surface area contributed by atoms with E-state index in [4.69, 9.17) is 4.42 Å². The highest BCUT2D eigenvalue weighted by Crippen LogP contribution is 2.13. The zero-order valence-electron chi connectivity index (χ0n) is 11.9. The van der Waals surface area contributed by atoms with Gasteiger partial charge in [0.2, 0.25) is 5.89 Å². The monoisotopic (exact) mass is 329 g/mol. The predicted octanol–water partition coefficient (Wildman–Crippen LogP) is 3.51. The molecule has 0 aliphatic carbocycles.